The lowest BCUT2D eigenvalue weighted by molar-refractivity contribution is 0.380. The standard InChI is InChI=1S/C16H23FN4/c1-2-12-11-15(12)19-16(18)21-9-7-20(8-10-21)14-5-3-13(17)4-6-14/h3-6,12,15H,2,7-11H2,1H3,(H2,18,19)/t12-,15-/m1/s1. The first-order valence-electron chi connectivity index (χ1n) is 7.76. The van der Waals surface area contributed by atoms with Crippen molar-refractivity contribution in [2.24, 2.45) is 16.6 Å². The molecule has 21 heavy (non-hydrogen) atoms. The van der Waals surface area contributed by atoms with Gasteiger partial charge in [-0.3, -0.25) is 0 Å². The highest BCUT2D eigenvalue weighted by Crippen LogP contribution is 2.36. The van der Waals surface area contributed by atoms with Crippen molar-refractivity contribution in [2.75, 3.05) is 31.1 Å². The number of piperazine rings is 1. The van der Waals surface area contributed by atoms with E-state index in [0.29, 0.717) is 12.0 Å². The second-order valence-electron chi connectivity index (χ2n) is 5.91. The van der Waals surface area contributed by atoms with Crippen LogP contribution >= 0.6 is 0 Å². The molecule has 3 rings (SSSR count). The van der Waals surface area contributed by atoms with E-state index in [-0.39, 0.29) is 5.82 Å². The van der Waals surface area contributed by atoms with Crippen LogP contribution in [0.1, 0.15) is 19.8 Å². The normalized spacial score (nSPS) is 26.1. The Kier molecular flexibility index (Phi) is 3.99. The second kappa shape index (κ2) is 5.92. The Labute approximate surface area is 125 Å². The van der Waals surface area contributed by atoms with E-state index in [9.17, 15) is 4.39 Å². The summed E-state index contributed by atoms with van der Waals surface area (Å²) < 4.78 is 13.0. The molecule has 0 amide bonds. The highest BCUT2D eigenvalue weighted by atomic mass is 19.1. The van der Waals surface area contributed by atoms with Gasteiger partial charge in [0.2, 0.25) is 0 Å². The molecule has 0 bridgehead atoms. The van der Waals surface area contributed by atoms with Crippen LogP contribution in [0.2, 0.25) is 0 Å². The molecule has 0 aromatic heterocycles. The molecule has 114 valence electrons. The molecule has 0 unspecified atom stereocenters. The van der Waals surface area contributed by atoms with Crippen LogP contribution < -0.4 is 10.6 Å². The molecule has 2 N–H and O–H groups in total. The first kappa shape index (κ1) is 14.2. The first-order chi connectivity index (χ1) is 10.2. The van der Waals surface area contributed by atoms with Gasteiger partial charge in [0, 0.05) is 31.9 Å². The van der Waals surface area contributed by atoms with Gasteiger partial charge in [0.15, 0.2) is 5.96 Å². The molecule has 1 saturated heterocycles. The fraction of sp³-hybridized carbons (Fsp3) is 0.562. The minimum Gasteiger partial charge on any atom is -0.370 e. The Morgan fingerprint density at radius 1 is 1.24 bits per heavy atom. The van der Waals surface area contributed by atoms with Crippen LogP contribution in [0, 0.1) is 11.7 Å². The molecule has 1 aromatic rings. The largest absolute Gasteiger partial charge is 0.370 e. The summed E-state index contributed by atoms with van der Waals surface area (Å²) in [5.74, 6) is 1.24. The van der Waals surface area contributed by atoms with Crippen LogP contribution in [0.15, 0.2) is 29.3 Å². The lowest BCUT2D eigenvalue weighted by Gasteiger charge is -2.36. The smallest absolute Gasteiger partial charge is 0.191 e. The van der Waals surface area contributed by atoms with Gasteiger partial charge >= 0.3 is 0 Å². The molecule has 2 aliphatic rings. The quantitative estimate of drug-likeness (QED) is 0.684. The van der Waals surface area contributed by atoms with Crippen molar-refractivity contribution in [2.45, 2.75) is 25.8 Å². The van der Waals surface area contributed by atoms with Crippen LogP contribution in [0.5, 0.6) is 0 Å². The van der Waals surface area contributed by atoms with E-state index < -0.39 is 0 Å². The van der Waals surface area contributed by atoms with Gasteiger partial charge < -0.3 is 15.5 Å². The van der Waals surface area contributed by atoms with Crippen molar-refractivity contribution in [1.82, 2.24) is 4.90 Å². The third kappa shape index (κ3) is 3.28. The molecular weight excluding hydrogens is 267 g/mol. The fourth-order valence-electron chi connectivity index (χ4n) is 2.93. The zero-order valence-electron chi connectivity index (χ0n) is 12.5. The first-order valence-corrected chi connectivity index (χ1v) is 7.76. The fourth-order valence-corrected chi connectivity index (χ4v) is 2.93. The minimum absolute atomic E-state index is 0.191. The molecule has 4 nitrogen and oxygen atoms in total. The Bertz CT molecular complexity index is 506. The summed E-state index contributed by atoms with van der Waals surface area (Å²) in [6.07, 6.45) is 2.38. The minimum atomic E-state index is -0.191. The van der Waals surface area contributed by atoms with Gasteiger partial charge in [-0.2, -0.15) is 0 Å². The lowest BCUT2D eigenvalue weighted by Crippen LogP contribution is -2.51. The van der Waals surface area contributed by atoms with Crippen LogP contribution in [-0.4, -0.2) is 43.1 Å². The maximum absolute atomic E-state index is 13.0. The number of anilines is 1. The van der Waals surface area contributed by atoms with E-state index in [2.05, 4.69) is 21.7 Å². The molecule has 2 fully saturated rings. The van der Waals surface area contributed by atoms with Crippen molar-refractivity contribution in [3.63, 3.8) is 0 Å². The van der Waals surface area contributed by atoms with E-state index in [1.807, 2.05) is 12.1 Å². The van der Waals surface area contributed by atoms with E-state index in [0.717, 1.165) is 37.8 Å². The van der Waals surface area contributed by atoms with Crippen molar-refractivity contribution < 1.29 is 4.39 Å². The topological polar surface area (TPSA) is 44.9 Å². The molecule has 1 aromatic carbocycles. The molecule has 0 spiro atoms. The molecular formula is C16H23FN4. The van der Waals surface area contributed by atoms with Crippen LogP contribution in [0.25, 0.3) is 0 Å². The molecule has 1 heterocycles. The molecule has 1 aliphatic carbocycles. The molecule has 0 radical (unpaired) electrons. The number of benzene rings is 1. The predicted molar refractivity (Wildman–Crippen MR) is 84.0 cm³/mol. The van der Waals surface area contributed by atoms with Gasteiger partial charge in [-0.05, 0) is 36.6 Å². The Balaban J connectivity index is 1.54. The number of guanidine groups is 1. The Morgan fingerprint density at radius 2 is 1.90 bits per heavy atom. The summed E-state index contributed by atoms with van der Waals surface area (Å²) in [4.78, 5) is 9.04. The lowest BCUT2D eigenvalue weighted by atomic mass is 10.2. The van der Waals surface area contributed by atoms with Gasteiger partial charge in [0.1, 0.15) is 5.82 Å². The predicted octanol–water partition coefficient (Wildman–Crippen LogP) is 2.06. The van der Waals surface area contributed by atoms with E-state index in [4.69, 9.17) is 5.73 Å². The average molecular weight is 290 g/mol. The summed E-state index contributed by atoms with van der Waals surface area (Å²) >= 11 is 0. The number of aliphatic imine (C=N–C) groups is 1. The van der Waals surface area contributed by atoms with Gasteiger partial charge in [0.25, 0.3) is 0 Å². The van der Waals surface area contributed by atoms with E-state index in [1.54, 1.807) is 0 Å². The number of nitrogens with zero attached hydrogens (tertiary/aromatic N) is 3. The highest BCUT2D eigenvalue weighted by molar-refractivity contribution is 5.78. The summed E-state index contributed by atoms with van der Waals surface area (Å²) in [6, 6.07) is 7.13. The average Bonchev–Trinajstić information content (AvgIpc) is 3.26. The number of rotatable bonds is 3. The number of nitrogens with two attached hydrogens (primary N) is 1. The van der Waals surface area contributed by atoms with Crippen LogP contribution in [-0.2, 0) is 0 Å². The number of halogens is 1. The van der Waals surface area contributed by atoms with Crippen LogP contribution in [0.4, 0.5) is 10.1 Å². The Hall–Kier alpha value is -1.78. The molecule has 2 atom stereocenters. The maximum Gasteiger partial charge on any atom is 0.191 e. The third-order valence-electron chi connectivity index (χ3n) is 4.50. The van der Waals surface area contributed by atoms with Gasteiger partial charge in [-0.15, -0.1) is 0 Å². The monoisotopic (exact) mass is 290 g/mol. The number of hydrogen-bond donors (Lipinski definition) is 1. The SMILES string of the molecule is CC[C@@H]1C[C@H]1N=C(N)N1CCN(c2ccc(F)cc2)CC1. The summed E-state index contributed by atoms with van der Waals surface area (Å²) in [7, 11) is 0. The van der Waals surface area contributed by atoms with E-state index >= 15 is 0 Å². The molecule has 1 aliphatic heterocycles. The summed E-state index contributed by atoms with van der Waals surface area (Å²) in [5, 5.41) is 0. The Morgan fingerprint density at radius 3 is 2.48 bits per heavy atom. The highest BCUT2D eigenvalue weighted by Gasteiger charge is 2.35. The zero-order chi connectivity index (χ0) is 14.8. The van der Waals surface area contributed by atoms with E-state index in [1.165, 1.54) is 25.0 Å². The third-order valence-corrected chi connectivity index (χ3v) is 4.50. The summed E-state index contributed by atoms with van der Waals surface area (Å²) in [5.41, 5.74) is 7.19. The molecule has 1 saturated carbocycles. The molecule has 5 heteroatoms. The number of hydrogen-bond acceptors (Lipinski definition) is 2. The van der Waals surface area contributed by atoms with Gasteiger partial charge in [-0.25, -0.2) is 9.38 Å². The van der Waals surface area contributed by atoms with Gasteiger partial charge in [0.05, 0.1) is 6.04 Å². The van der Waals surface area contributed by atoms with Crippen LogP contribution in [0.3, 0.4) is 0 Å². The second-order valence-corrected chi connectivity index (χ2v) is 5.91. The maximum atomic E-state index is 13.0. The van der Waals surface area contributed by atoms with Crippen molar-refractivity contribution in [3.8, 4) is 0 Å². The van der Waals surface area contributed by atoms with Crippen molar-refractivity contribution >= 4 is 11.6 Å². The van der Waals surface area contributed by atoms with Crippen molar-refractivity contribution in [3.05, 3.63) is 30.1 Å². The van der Waals surface area contributed by atoms with Crippen molar-refractivity contribution in [1.29, 1.82) is 0 Å². The van der Waals surface area contributed by atoms with Gasteiger partial charge in [-0.1, -0.05) is 13.3 Å². The summed E-state index contributed by atoms with van der Waals surface area (Å²) in [6.45, 7) is 5.73. The zero-order valence-corrected chi connectivity index (χ0v) is 12.5.